The third-order valence-electron chi connectivity index (χ3n) is 5.15. The molecule has 0 aliphatic carbocycles. The molecule has 0 bridgehead atoms. The topological polar surface area (TPSA) is 0 Å². The molecule has 0 saturated carbocycles. The van der Waals surface area contributed by atoms with E-state index < -0.39 is 0 Å². The van der Waals surface area contributed by atoms with Gasteiger partial charge in [-0.15, -0.1) is 0 Å². The molecule has 0 aromatic heterocycles. The second-order valence-electron chi connectivity index (χ2n) is 6.72. The van der Waals surface area contributed by atoms with Gasteiger partial charge in [-0.1, -0.05) is 103 Å². The average Bonchev–Trinajstić information content (AvgIpc) is 2.75. The Morgan fingerprint density at radius 1 is 0.370 bits per heavy atom. The summed E-state index contributed by atoms with van der Waals surface area (Å²) in [6.07, 6.45) is 0. The summed E-state index contributed by atoms with van der Waals surface area (Å²) in [5.41, 5.74) is 5.08. The fourth-order valence-corrected chi connectivity index (χ4v) is 4.79. The van der Waals surface area contributed by atoms with Crippen LogP contribution in [0.4, 0.5) is 0 Å². The van der Waals surface area contributed by atoms with Gasteiger partial charge in [-0.3, -0.25) is 0 Å². The summed E-state index contributed by atoms with van der Waals surface area (Å²) < 4.78 is 1.32. The van der Waals surface area contributed by atoms with Crippen LogP contribution in [-0.2, 0) is 0 Å². The molecule has 0 saturated heterocycles. The van der Waals surface area contributed by atoms with Gasteiger partial charge in [0, 0.05) is 3.57 Å². The van der Waals surface area contributed by atoms with Crippen LogP contribution in [0.1, 0.15) is 0 Å². The summed E-state index contributed by atoms with van der Waals surface area (Å²) in [5.74, 6) is 0. The molecule has 0 radical (unpaired) electrons. The lowest BCUT2D eigenvalue weighted by atomic mass is 9.91. The van der Waals surface area contributed by atoms with Crippen molar-refractivity contribution in [3.8, 4) is 22.3 Å². The number of benzene rings is 5. The zero-order valence-corrected chi connectivity index (χ0v) is 16.9. The number of rotatable bonds is 2. The van der Waals surface area contributed by atoms with Crippen molar-refractivity contribution < 1.29 is 0 Å². The molecular weight excluding hydrogens is 439 g/mol. The van der Waals surface area contributed by atoms with Gasteiger partial charge in [0.1, 0.15) is 0 Å². The Morgan fingerprint density at radius 2 is 0.778 bits per heavy atom. The maximum absolute atomic E-state index is 2.49. The summed E-state index contributed by atoms with van der Waals surface area (Å²) in [5, 5.41) is 5.26. The highest BCUT2D eigenvalue weighted by Crippen LogP contribution is 2.40. The SMILES string of the molecule is Ic1c2ccccc2c(-c2ccc(-c3ccccc3)cc2)c2ccccc12. The van der Waals surface area contributed by atoms with E-state index in [1.54, 1.807) is 0 Å². The van der Waals surface area contributed by atoms with Gasteiger partial charge in [0.15, 0.2) is 0 Å². The fraction of sp³-hybridized carbons (Fsp3) is 0. The third kappa shape index (κ3) is 2.83. The number of fused-ring (bicyclic) bond motifs is 2. The van der Waals surface area contributed by atoms with Crippen LogP contribution in [0.25, 0.3) is 43.8 Å². The van der Waals surface area contributed by atoms with Gasteiger partial charge in [-0.25, -0.2) is 0 Å². The number of hydrogen-bond acceptors (Lipinski definition) is 0. The first kappa shape index (κ1) is 16.5. The molecule has 5 aromatic rings. The van der Waals surface area contributed by atoms with Gasteiger partial charge in [0.2, 0.25) is 0 Å². The quantitative estimate of drug-likeness (QED) is 0.187. The lowest BCUT2D eigenvalue weighted by Gasteiger charge is -2.14. The van der Waals surface area contributed by atoms with Crippen molar-refractivity contribution in [2.45, 2.75) is 0 Å². The highest BCUT2D eigenvalue weighted by Gasteiger charge is 2.13. The van der Waals surface area contributed by atoms with Crippen molar-refractivity contribution in [3.63, 3.8) is 0 Å². The van der Waals surface area contributed by atoms with E-state index in [-0.39, 0.29) is 0 Å². The Kier molecular flexibility index (Phi) is 4.17. The second kappa shape index (κ2) is 6.82. The summed E-state index contributed by atoms with van der Waals surface area (Å²) >= 11 is 2.49. The molecule has 0 aliphatic rings. The first-order chi connectivity index (χ1) is 13.3. The Hall–Kier alpha value is -2.65. The van der Waals surface area contributed by atoms with Crippen molar-refractivity contribution >= 4 is 44.1 Å². The molecule has 0 nitrogen and oxygen atoms in total. The van der Waals surface area contributed by atoms with Crippen LogP contribution < -0.4 is 0 Å². The second-order valence-corrected chi connectivity index (χ2v) is 7.80. The molecule has 0 fully saturated rings. The van der Waals surface area contributed by atoms with Crippen molar-refractivity contribution in [1.82, 2.24) is 0 Å². The maximum atomic E-state index is 2.49. The largest absolute Gasteiger partial charge is 0.0622 e. The fourth-order valence-electron chi connectivity index (χ4n) is 3.85. The van der Waals surface area contributed by atoms with Crippen LogP contribution in [0, 0.1) is 3.57 Å². The maximum Gasteiger partial charge on any atom is 0.0287 e. The molecule has 0 aliphatic heterocycles. The molecule has 0 unspecified atom stereocenters. The minimum atomic E-state index is 1.25. The lowest BCUT2D eigenvalue weighted by molar-refractivity contribution is 1.61. The van der Waals surface area contributed by atoms with Gasteiger partial charge >= 0.3 is 0 Å². The molecule has 128 valence electrons. The number of halogens is 1. The van der Waals surface area contributed by atoms with Crippen LogP contribution in [0.15, 0.2) is 103 Å². The average molecular weight is 456 g/mol. The first-order valence-electron chi connectivity index (χ1n) is 9.08. The molecule has 0 atom stereocenters. The summed E-state index contributed by atoms with van der Waals surface area (Å²) in [6.45, 7) is 0. The molecule has 1 heteroatoms. The van der Waals surface area contributed by atoms with Crippen LogP contribution in [0.2, 0.25) is 0 Å². The van der Waals surface area contributed by atoms with Crippen LogP contribution in [0.3, 0.4) is 0 Å². The lowest BCUT2D eigenvalue weighted by Crippen LogP contribution is -1.89. The molecule has 27 heavy (non-hydrogen) atoms. The zero-order valence-electron chi connectivity index (χ0n) is 14.7. The van der Waals surface area contributed by atoms with E-state index in [1.165, 1.54) is 47.4 Å². The highest BCUT2D eigenvalue weighted by molar-refractivity contribution is 14.1. The van der Waals surface area contributed by atoms with Crippen LogP contribution in [-0.4, -0.2) is 0 Å². The van der Waals surface area contributed by atoms with E-state index in [2.05, 4.69) is 126 Å². The van der Waals surface area contributed by atoms with E-state index >= 15 is 0 Å². The smallest absolute Gasteiger partial charge is 0.0287 e. The van der Waals surface area contributed by atoms with E-state index in [4.69, 9.17) is 0 Å². The highest BCUT2D eigenvalue weighted by atomic mass is 127. The van der Waals surface area contributed by atoms with Gasteiger partial charge in [0.25, 0.3) is 0 Å². The van der Waals surface area contributed by atoms with Crippen molar-refractivity contribution in [2.24, 2.45) is 0 Å². The first-order valence-corrected chi connectivity index (χ1v) is 10.2. The van der Waals surface area contributed by atoms with Crippen molar-refractivity contribution in [1.29, 1.82) is 0 Å². The molecular formula is C26H17I. The van der Waals surface area contributed by atoms with Crippen molar-refractivity contribution in [3.05, 3.63) is 107 Å². The minimum absolute atomic E-state index is 1.25. The Bertz CT molecular complexity index is 1200. The Labute approximate surface area is 172 Å². The predicted molar refractivity (Wildman–Crippen MR) is 125 cm³/mol. The van der Waals surface area contributed by atoms with E-state index in [9.17, 15) is 0 Å². The zero-order chi connectivity index (χ0) is 18.2. The molecule has 0 N–H and O–H groups in total. The summed E-state index contributed by atoms with van der Waals surface area (Å²) in [7, 11) is 0. The Balaban J connectivity index is 1.78. The third-order valence-corrected chi connectivity index (χ3v) is 6.31. The van der Waals surface area contributed by atoms with Gasteiger partial charge in [-0.2, -0.15) is 0 Å². The van der Waals surface area contributed by atoms with E-state index in [0.29, 0.717) is 0 Å². The van der Waals surface area contributed by atoms with Gasteiger partial charge in [0.05, 0.1) is 0 Å². The minimum Gasteiger partial charge on any atom is -0.0622 e. The molecule has 0 amide bonds. The molecule has 0 spiro atoms. The standard InChI is InChI=1S/C26H17I/c27-26-23-12-6-4-10-21(23)25(22-11-5-7-13-24(22)26)20-16-14-19(15-17-20)18-8-2-1-3-9-18/h1-17H. The summed E-state index contributed by atoms with van der Waals surface area (Å²) in [4.78, 5) is 0. The Morgan fingerprint density at radius 3 is 1.33 bits per heavy atom. The number of hydrogen-bond donors (Lipinski definition) is 0. The summed E-state index contributed by atoms with van der Waals surface area (Å²) in [6, 6.07) is 37.0. The molecule has 5 aromatic carbocycles. The van der Waals surface area contributed by atoms with Crippen molar-refractivity contribution in [2.75, 3.05) is 0 Å². The predicted octanol–water partition coefficient (Wildman–Crippen LogP) is 7.93. The monoisotopic (exact) mass is 456 g/mol. The van der Waals surface area contributed by atoms with Crippen LogP contribution in [0.5, 0.6) is 0 Å². The van der Waals surface area contributed by atoms with Gasteiger partial charge < -0.3 is 0 Å². The van der Waals surface area contributed by atoms with Crippen LogP contribution >= 0.6 is 22.6 Å². The molecule has 5 rings (SSSR count). The van der Waals surface area contributed by atoms with E-state index in [1.807, 2.05) is 0 Å². The van der Waals surface area contributed by atoms with E-state index in [0.717, 1.165) is 0 Å². The molecule has 0 heterocycles. The normalized spacial score (nSPS) is 11.1. The van der Waals surface area contributed by atoms with Gasteiger partial charge in [-0.05, 0) is 66.4 Å².